The molecule has 0 aromatic heterocycles. The normalized spacial score (nSPS) is 13.0. The van der Waals surface area contributed by atoms with E-state index in [0.717, 1.165) is 33.4 Å². The minimum absolute atomic E-state index is 0.000709. The monoisotopic (exact) mass is 614 g/mol. The Hall–Kier alpha value is -6.54. The molecule has 0 heterocycles. The van der Waals surface area contributed by atoms with Crippen LogP contribution in [0.25, 0.3) is 11.1 Å². The maximum absolute atomic E-state index is 11.5. The molecule has 0 radical (unpaired) electrons. The van der Waals surface area contributed by atoms with Crippen LogP contribution in [0.2, 0.25) is 0 Å². The molecule has 0 saturated carbocycles. The lowest BCUT2D eigenvalue weighted by Crippen LogP contribution is -2.28. The van der Waals surface area contributed by atoms with Gasteiger partial charge < -0.3 is 0 Å². The van der Waals surface area contributed by atoms with Gasteiger partial charge in [-0.3, -0.25) is 30.2 Å². The third kappa shape index (κ3) is 5.17. The summed E-state index contributed by atoms with van der Waals surface area (Å²) in [7, 11) is 0. The van der Waals surface area contributed by atoms with E-state index in [4.69, 9.17) is 0 Å². The number of rotatable bonds is 8. The summed E-state index contributed by atoms with van der Waals surface area (Å²) in [5.41, 5.74) is 8.23. The van der Waals surface area contributed by atoms with Gasteiger partial charge in [0, 0.05) is 24.6 Å². The zero-order valence-electron chi connectivity index (χ0n) is 24.9. The van der Waals surface area contributed by atoms with Crippen molar-refractivity contribution < 1.29 is 9.85 Å². The van der Waals surface area contributed by atoms with Crippen LogP contribution in [0.4, 0.5) is 22.7 Å². The summed E-state index contributed by atoms with van der Waals surface area (Å²) in [4.78, 5) is 31.2. The standard InChI is InChI=1S/C39H26N4O4/c44-42(45)37-15-7-1-9-27(37)25-40-31-21-17-29(18-22-31)39(35-13-5-3-11-33(35)34-12-4-6-14-36(34)39)30-19-23-32(24-20-30)41-26-28-10-2-8-16-38(28)43(46)47/h1-26H. The van der Waals surface area contributed by atoms with Gasteiger partial charge in [-0.25, -0.2) is 0 Å². The van der Waals surface area contributed by atoms with Crippen LogP contribution in [0.1, 0.15) is 33.4 Å². The molecule has 6 aromatic rings. The molecule has 0 aliphatic heterocycles. The Morgan fingerprint density at radius 1 is 0.468 bits per heavy atom. The zero-order valence-corrected chi connectivity index (χ0v) is 24.9. The van der Waals surface area contributed by atoms with Crippen molar-refractivity contribution in [3.63, 3.8) is 0 Å². The molecule has 8 heteroatoms. The van der Waals surface area contributed by atoms with Crippen LogP contribution in [-0.2, 0) is 5.41 Å². The Balaban J connectivity index is 1.31. The van der Waals surface area contributed by atoms with E-state index in [1.807, 2.05) is 36.4 Å². The van der Waals surface area contributed by atoms with Crippen LogP contribution in [-0.4, -0.2) is 22.3 Å². The summed E-state index contributed by atoms with van der Waals surface area (Å²) in [5, 5.41) is 22.9. The molecule has 226 valence electrons. The van der Waals surface area contributed by atoms with Gasteiger partial charge in [0.25, 0.3) is 11.4 Å². The number of benzene rings is 6. The van der Waals surface area contributed by atoms with Gasteiger partial charge in [-0.2, -0.15) is 0 Å². The van der Waals surface area contributed by atoms with Crippen LogP contribution < -0.4 is 0 Å². The van der Waals surface area contributed by atoms with Crippen molar-refractivity contribution in [2.75, 3.05) is 0 Å². The molecule has 7 rings (SSSR count). The van der Waals surface area contributed by atoms with Gasteiger partial charge in [-0.05, 0) is 69.8 Å². The number of hydrogen-bond acceptors (Lipinski definition) is 6. The Labute approximate surface area is 270 Å². The summed E-state index contributed by atoms with van der Waals surface area (Å²) in [5.74, 6) is 0. The maximum Gasteiger partial charge on any atom is 0.278 e. The minimum atomic E-state index is -0.645. The lowest BCUT2D eigenvalue weighted by atomic mass is 9.67. The van der Waals surface area contributed by atoms with Crippen LogP contribution in [0.5, 0.6) is 0 Å². The number of aliphatic imine (C=N–C) groups is 2. The average Bonchev–Trinajstić information content (AvgIpc) is 3.41. The predicted octanol–water partition coefficient (Wildman–Crippen LogP) is 9.37. The second-order valence-electron chi connectivity index (χ2n) is 11.1. The number of para-hydroxylation sites is 2. The average molecular weight is 615 g/mol. The van der Waals surface area contributed by atoms with Gasteiger partial charge in [0.15, 0.2) is 0 Å². The van der Waals surface area contributed by atoms with E-state index in [-0.39, 0.29) is 11.4 Å². The Morgan fingerprint density at radius 3 is 1.23 bits per heavy atom. The van der Waals surface area contributed by atoms with Crippen molar-refractivity contribution in [2.45, 2.75) is 5.41 Å². The molecule has 47 heavy (non-hydrogen) atoms. The maximum atomic E-state index is 11.5. The Morgan fingerprint density at radius 2 is 0.830 bits per heavy atom. The summed E-state index contributed by atoms with van der Waals surface area (Å²) in [6.07, 6.45) is 3.04. The van der Waals surface area contributed by atoms with Crippen LogP contribution in [0.15, 0.2) is 156 Å². The second-order valence-corrected chi connectivity index (χ2v) is 11.1. The highest BCUT2D eigenvalue weighted by Crippen LogP contribution is 2.56. The van der Waals surface area contributed by atoms with E-state index < -0.39 is 15.3 Å². The smallest absolute Gasteiger partial charge is 0.258 e. The first-order chi connectivity index (χ1) is 23.0. The fourth-order valence-electron chi connectivity index (χ4n) is 6.43. The molecule has 6 aromatic carbocycles. The topological polar surface area (TPSA) is 111 Å². The van der Waals surface area contributed by atoms with Crippen LogP contribution >= 0.6 is 0 Å². The van der Waals surface area contributed by atoms with Gasteiger partial charge in [0.05, 0.1) is 37.8 Å². The van der Waals surface area contributed by atoms with E-state index in [9.17, 15) is 20.2 Å². The van der Waals surface area contributed by atoms with E-state index >= 15 is 0 Å². The molecule has 0 atom stereocenters. The zero-order chi connectivity index (χ0) is 32.4. The molecule has 0 fully saturated rings. The number of fused-ring (bicyclic) bond motifs is 3. The summed E-state index contributed by atoms with van der Waals surface area (Å²) in [6, 6.07) is 45.8. The summed E-state index contributed by atoms with van der Waals surface area (Å²) in [6.45, 7) is 0. The highest BCUT2D eigenvalue weighted by Gasteiger charge is 2.45. The van der Waals surface area contributed by atoms with Gasteiger partial charge in [-0.15, -0.1) is 0 Å². The van der Waals surface area contributed by atoms with Crippen molar-refractivity contribution >= 4 is 35.2 Å². The molecule has 0 amide bonds. The number of nitro groups is 2. The highest BCUT2D eigenvalue weighted by molar-refractivity contribution is 5.89. The molecule has 0 unspecified atom stereocenters. The lowest BCUT2D eigenvalue weighted by molar-refractivity contribution is -0.385. The number of nitro benzene ring substituents is 2. The molecule has 1 aliphatic rings. The molecular formula is C39H26N4O4. The largest absolute Gasteiger partial charge is 0.278 e. The first-order valence-electron chi connectivity index (χ1n) is 14.9. The van der Waals surface area contributed by atoms with Crippen molar-refractivity contribution in [3.05, 3.63) is 199 Å². The molecule has 0 bridgehead atoms. The minimum Gasteiger partial charge on any atom is -0.258 e. The third-order valence-electron chi connectivity index (χ3n) is 8.53. The number of nitrogens with zero attached hydrogens (tertiary/aromatic N) is 4. The highest BCUT2D eigenvalue weighted by atomic mass is 16.6. The molecule has 0 N–H and O–H groups in total. The predicted molar refractivity (Wildman–Crippen MR) is 184 cm³/mol. The van der Waals surface area contributed by atoms with Crippen LogP contribution in [0, 0.1) is 20.2 Å². The van der Waals surface area contributed by atoms with Gasteiger partial charge in [0.1, 0.15) is 0 Å². The summed E-state index contributed by atoms with van der Waals surface area (Å²) >= 11 is 0. The lowest BCUT2D eigenvalue weighted by Gasteiger charge is -2.34. The fourth-order valence-corrected chi connectivity index (χ4v) is 6.43. The van der Waals surface area contributed by atoms with E-state index in [1.54, 1.807) is 36.4 Å². The molecule has 0 saturated heterocycles. The van der Waals surface area contributed by atoms with E-state index in [0.29, 0.717) is 22.5 Å². The Bertz CT molecular complexity index is 2050. The molecule has 1 aliphatic carbocycles. The second kappa shape index (κ2) is 12.1. The van der Waals surface area contributed by atoms with Gasteiger partial charge >= 0.3 is 0 Å². The van der Waals surface area contributed by atoms with E-state index in [2.05, 4.69) is 70.6 Å². The van der Waals surface area contributed by atoms with Gasteiger partial charge in [-0.1, -0.05) is 97.1 Å². The van der Waals surface area contributed by atoms with Crippen molar-refractivity contribution in [1.29, 1.82) is 0 Å². The first-order valence-corrected chi connectivity index (χ1v) is 14.9. The third-order valence-corrected chi connectivity index (χ3v) is 8.53. The number of hydrogen-bond donors (Lipinski definition) is 0. The quantitative estimate of drug-likeness (QED) is 0.0964. The van der Waals surface area contributed by atoms with Gasteiger partial charge in [0.2, 0.25) is 0 Å². The molecule has 0 spiro atoms. The first kappa shape index (κ1) is 29.2. The van der Waals surface area contributed by atoms with Crippen molar-refractivity contribution in [3.8, 4) is 11.1 Å². The molecular weight excluding hydrogens is 588 g/mol. The SMILES string of the molecule is O=[N+]([O-])c1ccccc1C=Nc1ccc(C2(c3ccc(N=Cc4ccccc4[N+](=O)[O-])cc3)c3ccccc3-c3ccccc32)cc1. The fraction of sp³-hybridized carbons (Fsp3) is 0.0256. The summed E-state index contributed by atoms with van der Waals surface area (Å²) < 4.78 is 0. The van der Waals surface area contributed by atoms with Crippen LogP contribution in [0.3, 0.4) is 0 Å². The molecule has 8 nitrogen and oxygen atoms in total. The Kier molecular flexibility index (Phi) is 7.51. The van der Waals surface area contributed by atoms with E-state index in [1.165, 1.54) is 24.6 Å². The van der Waals surface area contributed by atoms with Crippen molar-refractivity contribution in [1.82, 2.24) is 0 Å². The van der Waals surface area contributed by atoms with Crippen molar-refractivity contribution in [2.24, 2.45) is 9.98 Å².